The molecule has 8 bridgehead atoms. The second-order valence-corrected chi connectivity index (χ2v) is 27.4. The standard InChI is InChI=1S/C58H85N16O14P/c1-26(87-89(84,85)88-47-34(23-75)86-53(46(47)83)74-25-69-52-45(74)51(65)67-24-68-52)22-66-42(82)16-17-55(6)32(18-39(62)79)50-58(9)57(8,21-41(64)81)31(12-15-38(61)78)44(73-58)28(3)49-56(7,20-40(63)80)29(10-13-36(59)76)33(70-49)19-35-54(4,5)30(11-14-37(60)77)43(71-35)27(2)48(55)72-50/h19,24-26,29-32,34,46-47,50,53,70,75,83H,10-18,20-23H2,1-9H3,(H2,59,76)(H2,60,77)(H2,61,78)(H2,62,79)(H2,63,80)(H2,64,81)(H,66,82)(H,84,85)(H2,65,67,68)/b33-19?,43-27?,49-28-/t26-,29+,30+,31+,32-,34+,46+,47+,50+,53-,55-,56-,57-,58-/m0/s1. The number of phosphoric acid groups is 1. The average molecular weight is 1260 g/mol. The van der Waals surface area contributed by atoms with Crippen LogP contribution in [0, 0.1) is 45.3 Å². The van der Waals surface area contributed by atoms with Crippen LogP contribution in [0.15, 0.2) is 61.9 Å². The summed E-state index contributed by atoms with van der Waals surface area (Å²) in [5.74, 6) is -7.27. The zero-order chi connectivity index (χ0) is 65.8. The number of rotatable bonds is 26. The minimum atomic E-state index is -5.11. The topological polar surface area (TPSA) is 512 Å². The monoisotopic (exact) mass is 1260 g/mol. The van der Waals surface area contributed by atoms with E-state index in [1.165, 1.54) is 24.1 Å². The van der Waals surface area contributed by atoms with Crippen molar-refractivity contribution in [2.45, 2.75) is 175 Å². The summed E-state index contributed by atoms with van der Waals surface area (Å²) in [6.07, 6.45) is -3.82. The third-order valence-corrected chi connectivity index (χ3v) is 20.9. The van der Waals surface area contributed by atoms with Crippen LogP contribution in [0.2, 0.25) is 0 Å². The van der Waals surface area contributed by atoms with Gasteiger partial charge in [0.1, 0.15) is 36.5 Å². The van der Waals surface area contributed by atoms with Crippen molar-refractivity contribution in [2.75, 3.05) is 18.9 Å². The molecule has 0 radical (unpaired) electrons. The van der Waals surface area contributed by atoms with Crippen LogP contribution >= 0.6 is 7.82 Å². The zero-order valence-corrected chi connectivity index (χ0v) is 52.5. The SMILES string of the molecule is CC1=C2N=C(C=C3N/C(=C(/C)C4=N[C@@](C)([C@@H]5N=C1[C@@](C)(CCC(=O)NC[C@H](C)OP(=O)(O)O[C@H]1[C@@H](O)[C@@H](n6cnc7ncnc(N)c76)O[C@@H]1CO)[C@H]5CC(N)=O)[C@@](C)(CC(N)=O)[C@@H]4CCC(N)=O)[C@@](C)(CC(N)=O)[C@@H]3CCC(N)=O)C(C)(C)[C@@H]2CCC(N)=O. The first kappa shape index (κ1) is 67.6. The number of hydrogen-bond acceptors (Lipinski definition) is 21. The fourth-order valence-corrected chi connectivity index (χ4v) is 16.2. The van der Waals surface area contributed by atoms with E-state index in [0.717, 1.165) is 0 Å². The van der Waals surface area contributed by atoms with E-state index in [-0.39, 0.29) is 94.2 Å². The number of aliphatic hydroxyl groups excluding tert-OH is 2. The van der Waals surface area contributed by atoms with Gasteiger partial charge in [0.2, 0.25) is 41.4 Å². The van der Waals surface area contributed by atoms with Crippen molar-refractivity contribution in [1.82, 2.24) is 30.2 Å². The quantitative estimate of drug-likeness (QED) is 0.0583. The van der Waals surface area contributed by atoms with Gasteiger partial charge < -0.3 is 70.6 Å². The minimum Gasteiger partial charge on any atom is -0.394 e. The minimum absolute atomic E-state index is 0.00195. The number of aromatic nitrogens is 4. The van der Waals surface area contributed by atoms with Gasteiger partial charge in [-0.3, -0.25) is 62.2 Å². The van der Waals surface area contributed by atoms with Crippen molar-refractivity contribution in [2.24, 2.45) is 94.7 Å². The molecule has 6 aliphatic heterocycles. The molecule has 31 heteroatoms. The number of nitrogens with zero attached hydrogens (tertiary/aromatic N) is 7. The van der Waals surface area contributed by atoms with Crippen LogP contribution in [0.5, 0.6) is 0 Å². The lowest BCUT2D eigenvalue weighted by Gasteiger charge is -2.48. The number of amides is 7. The summed E-state index contributed by atoms with van der Waals surface area (Å²) >= 11 is 0. The van der Waals surface area contributed by atoms with E-state index in [0.29, 0.717) is 45.4 Å². The van der Waals surface area contributed by atoms with E-state index in [2.05, 4.69) is 25.6 Å². The van der Waals surface area contributed by atoms with E-state index in [4.69, 9.17) is 68.9 Å². The van der Waals surface area contributed by atoms with Crippen LogP contribution in [0.3, 0.4) is 0 Å². The van der Waals surface area contributed by atoms with Crippen LogP contribution in [0.1, 0.15) is 139 Å². The predicted octanol–water partition coefficient (Wildman–Crippen LogP) is 0.919. The Labute approximate surface area is 514 Å². The van der Waals surface area contributed by atoms with Gasteiger partial charge in [0.25, 0.3) is 0 Å². The molecule has 89 heavy (non-hydrogen) atoms. The summed E-state index contributed by atoms with van der Waals surface area (Å²) < 4.78 is 31.7. The molecule has 2 fully saturated rings. The maximum absolute atomic E-state index is 14.3. The number of nitrogen functional groups attached to an aromatic ring is 1. The normalized spacial score (nSPS) is 33.1. The summed E-state index contributed by atoms with van der Waals surface area (Å²) in [5.41, 5.74) is 40.4. The van der Waals surface area contributed by atoms with Crippen LogP contribution in [0.4, 0.5) is 5.82 Å². The highest BCUT2D eigenvalue weighted by Crippen LogP contribution is 2.63. The number of imidazole rings is 1. The van der Waals surface area contributed by atoms with Gasteiger partial charge in [0.15, 0.2) is 17.7 Å². The largest absolute Gasteiger partial charge is 0.472 e. The lowest BCUT2D eigenvalue weighted by Crippen LogP contribution is -2.56. The molecule has 486 valence electrons. The van der Waals surface area contributed by atoms with Gasteiger partial charge in [0, 0.05) is 131 Å². The van der Waals surface area contributed by atoms with Crippen molar-refractivity contribution >= 4 is 83.3 Å². The lowest BCUT2D eigenvalue weighted by atomic mass is 9.55. The Bertz CT molecular complexity index is 3490. The number of ether oxygens (including phenoxy) is 1. The second-order valence-electron chi connectivity index (χ2n) is 26.1. The van der Waals surface area contributed by atoms with Crippen molar-refractivity contribution in [3.8, 4) is 0 Å². The highest BCUT2D eigenvalue weighted by atomic mass is 31.2. The van der Waals surface area contributed by atoms with Crippen molar-refractivity contribution < 1.29 is 67.0 Å². The summed E-state index contributed by atoms with van der Waals surface area (Å²) in [7, 11) is -5.11. The smallest absolute Gasteiger partial charge is 0.394 e. The molecule has 30 nitrogen and oxygen atoms in total. The molecule has 15 atom stereocenters. The molecule has 0 saturated carbocycles. The van der Waals surface area contributed by atoms with Crippen molar-refractivity contribution in [1.29, 1.82) is 0 Å². The molecular weight excluding hydrogens is 1180 g/mol. The number of fused-ring (bicyclic) bond motifs is 7. The Morgan fingerprint density at radius 3 is 2.03 bits per heavy atom. The van der Waals surface area contributed by atoms with E-state index in [9.17, 15) is 53.2 Å². The predicted molar refractivity (Wildman–Crippen MR) is 324 cm³/mol. The maximum atomic E-state index is 14.3. The van der Waals surface area contributed by atoms with Gasteiger partial charge in [-0.05, 0) is 70.6 Å². The van der Waals surface area contributed by atoms with Gasteiger partial charge in [-0.1, -0.05) is 34.6 Å². The molecule has 7 amide bonds. The molecule has 0 spiro atoms. The Kier molecular flexibility index (Phi) is 19.1. The number of carbonyl (C=O) groups excluding carboxylic acids is 7. The molecule has 8 rings (SSSR count). The fraction of sp³-hybridized carbons (Fsp3) is 0.638. The lowest BCUT2D eigenvalue weighted by molar-refractivity contribution is -0.124. The molecular formula is C58H85N16O14P. The summed E-state index contributed by atoms with van der Waals surface area (Å²) in [6.45, 7) is 15.2. The molecule has 2 aromatic heterocycles. The number of phosphoric ester groups is 1. The highest BCUT2D eigenvalue weighted by Gasteiger charge is 2.66. The Morgan fingerprint density at radius 1 is 0.820 bits per heavy atom. The van der Waals surface area contributed by atoms with E-state index in [1.807, 2.05) is 54.5 Å². The van der Waals surface area contributed by atoms with Crippen molar-refractivity contribution in [3.05, 3.63) is 47.0 Å². The van der Waals surface area contributed by atoms with Gasteiger partial charge in [-0.15, -0.1) is 0 Å². The first-order valence-corrected chi connectivity index (χ1v) is 31.2. The second kappa shape index (κ2) is 25.1. The van der Waals surface area contributed by atoms with Crippen LogP contribution in [0.25, 0.3) is 11.2 Å². The number of allylic oxidation sites excluding steroid dienone is 6. The Morgan fingerprint density at radius 2 is 1.44 bits per heavy atom. The number of aliphatic hydroxyl groups is 2. The molecule has 2 aromatic rings. The molecule has 6 aliphatic rings. The zero-order valence-electron chi connectivity index (χ0n) is 51.6. The van der Waals surface area contributed by atoms with Gasteiger partial charge >= 0.3 is 7.82 Å². The number of nitrogens with two attached hydrogens (primary N) is 7. The molecule has 1 unspecified atom stereocenters. The molecule has 19 N–H and O–H groups in total. The third-order valence-electron chi connectivity index (χ3n) is 19.8. The fourth-order valence-electron chi connectivity index (χ4n) is 15.0. The van der Waals surface area contributed by atoms with Crippen LogP contribution < -0.4 is 50.8 Å². The maximum Gasteiger partial charge on any atom is 0.472 e. The number of anilines is 1. The number of aliphatic imine (C=N–C) groups is 3. The number of carbonyl (C=O) groups is 7. The third kappa shape index (κ3) is 12.8. The van der Waals surface area contributed by atoms with E-state index in [1.54, 1.807) is 6.92 Å². The van der Waals surface area contributed by atoms with E-state index >= 15 is 0 Å². The first-order chi connectivity index (χ1) is 41.4. The van der Waals surface area contributed by atoms with Gasteiger partial charge in [-0.2, -0.15) is 0 Å². The molecule has 0 aliphatic carbocycles. The van der Waals surface area contributed by atoms with Gasteiger partial charge in [-0.25, -0.2) is 19.5 Å². The van der Waals surface area contributed by atoms with Crippen molar-refractivity contribution in [3.63, 3.8) is 0 Å². The number of primary amides is 6. The highest BCUT2D eigenvalue weighted by molar-refractivity contribution is 7.47. The van der Waals surface area contributed by atoms with Crippen LogP contribution in [-0.4, -0.2) is 142 Å². The van der Waals surface area contributed by atoms with E-state index < -0.39 is 143 Å². The summed E-state index contributed by atoms with van der Waals surface area (Å²) in [6, 6.07) is -1.05. The molecule has 8 heterocycles. The number of nitrogens with one attached hydrogen (secondary N) is 2. The summed E-state index contributed by atoms with van der Waals surface area (Å²) in [5, 5.41) is 28.0. The Hall–Kier alpha value is -7.34. The summed E-state index contributed by atoms with van der Waals surface area (Å²) in [4.78, 5) is 133. The van der Waals surface area contributed by atoms with Crippen LogP contribution in [-0.2, 0) is 51.9 Å². The Balaban J connectivity index is 1.20. The molecule has 0 aromatic carbocycles. The average Bonchev–Trinajstić information content (AvgIpc) is 2.33. The number of hydrogen-bond donors (Lipinski definition) is 12. The molecule has 2 saturated heterocycles. The van der Waals surface area contributed by atoms with Gasteiger partial charge in [0.05, 0.1) is 24.3 Å². The first-order valence-electron chi connectivity index (χ1n) is 29.7.